The molecule has 1 aromatic rings. The van der Waals surface area contributed by atoms with Crippen molar-refractivity contribution in [2.75, 3.05) is 5.43 Å². The molecule has 3 N–H and O–H groups in total. The van der Waals surface area contributed by atoms with E-state index < -0.39 is 6.67 Å². The second kappa shape index (κ2) is 3.55. The fourth-order valence-electron chi connectivity index (χ4n) is 0.811. The van der Waals surface area contributed by atoms with Crippen LogP contribution in [0.2, 0.25) is 5.02 Å². The Hall–Kier alpha value is -0.800. The third kappa shape index (κ3) is 2.06. The van der Waals surface area contributed by atoms with Crippen molar-refractivity contribution in [1.29, 1.82) is 0 Å². The number of hydrogen-bond acceptors (Lipinski definition) is 2. The number of halogens is 2. The van der Waals surface area contributed by atoms with Crippen LogP contribution in [-0.4, -0.2) is 0 Å². The topological polar surface area (TPSA) is 38.0 Å². The number of hydrazine groups is 1. The largest absolute Gasteiger partial charge is 0.324 e. The average molecular weight is 175 g/mol. The molecule has 0 unspecified atom stereocenters. The maximum Gasteiger partial charge on any atom is 0.115 e. The Morgan fingerprint density at radius 2 is 2.18 bits per heavy atom. The smallest absolute Gasteiger partial charge is 0.115 e. The number of nitrogens with two attached hydrogens (primary N) is 1. The van der Waals surface area contributed by atoms with E-state index in [1.165, 1.54) is 0 Å². The second-order valence-corrected chi connectivity index (χ2v) is 2.56. The summed E-state index contributed by atoms with van der Waals surface area (Å²) in [7, 11) is 0. The molecule has 0 atom stereocenters. The first-order valence-corrected chi connectivity index (χ1v) is 3.46. The Bertz CT molecular complexity index is 230. The van der Waals surface area contributed by atoms with Crippen LogP contribution in [0.4, 0.5) is 10.1 Å². The van der Waals surface area contributed by atoms with Gasteiger partial charge in [0.1, 0.15) is 6.67 Å². The maximum atomic E-state index is 12.1. The number of nitrogens with one attached hydrogen (secondary N) is 1. The van der Waals surface area contributed by atoms with Gasteiger partial charge in [0.25, 0.3) is 0 Å². The van der Waals surface area contributed by atoms with Crippen molar-refractivity contribution in [3.63, 3.8) is 0 Å². The third-order valence-electron chi connectivity index (χ3n) is 1.28. The molecule has 11 heavy (non-hydrogen) atoms. The van der Waals surface area contributed by atoms with Gasteiger partial charge in [0.15, 0.2) is 0 Å². The number of alkyl halides is 1. The summed E-state index contributed by atoms with van der Waals surface area (Å²) in [5.74, 6) is 5.11. The van der Waals surface area contributed by atoms with Gasteiger partial charge in [-0.3, -0.25) is 5.84 Å². The van der Waals surface area contributed by atoms with E-state index >= 15 is 0 Å². The highest BCUT2D eigenvalue weighted by Crippen LogP contribution is 2.18. The van der Waals surface area contributed by atoms with E-state index in [4.69, 9.17) is 17.4 Å². The zero-order chi connectivity index (χ0) is 8.27. The summed E-state index contributed by atoms with van der Waals surface area (Å²) in [6.07, 6.45) is 0. The van der Waals surface area contributed by atoms with E-state index in [-0.39, 0.29) is 0 Å². The molecule has 0 bridgehead atoms. The van der Waals surface area contributed by atoms with E-state index in [0.717, 1.165) is 0 Å². The summed E-state index contributed by atoms with van der Waals surface area (Å²) < 4.78 is 12.1. The first kappa shape index (κ1) is 8.30. The third-order valence-corrected chi connectivity index (χ3v) is 1.50. The number of benzene rings is 1. The van der Waals surface area contributed by atoms with Gasteiger partial charge in [-0.1, -0.05) is 11.6 Å². The molecule has 1 rings (SSSR count). The summed E-state index contributed by atoms with van der Waals surface area (Å²) >= 11 is 5.65. The highest BCUT2D eigenvalue weighted by molar-refractivity contribution is 6.30. The molecule has 0 aliphatic rings. The Balaban J connectivity index is 3.02. The molecule has 4 heteroatoms. The van der Waals surface area contributed by atoms with Gasteiger partial charge in [-0.2, -0.15) is 0 Å². The van der Waals surface area contributed by atoms with E-state index in [0.29, 0.717) is 16.3 Å². The lowest BCUT2D eigenvalue weighted by molar-refractivity contribution is 0.485. The maximum absolute atomic E-state index is 12.1. The monoisotopic (exact) mass is 174 g/mol. The van der Waals surface area contributed by atoms with Crippen molar-refractivity contribution in [2.24, 2.45) is 5.84 Å². The predicted molar refractivity (Wildman–Crippen MR) is 44.1 cm³/mol. The summed E-state index contributed by atoms with van der Waals surface area (Å²) in [4.78, 5) is 0. The zero-order valence-corrected chi connectivity index (χ0v) is 6.53. The van der Waals surface area contributed by atoms with Crippen LogP contribution < -0.4 is 11.3 Å². The number of nitrogen functional groups attached to an aromatic ring is 1. The van der Waals surface area contributed by atoms with Gasteiger partial charge in [0.2, 0.25) is 0 Å². The van der Waals surface area contributed by atoms with Gasteiger partial charge in [-0.15, -0.1) is 0 Å². The van der Waals surface area contributed by atoms with Gasteiger partial charge in [0.05, 0.1) is 5.69 Å². The minimum Gasteiger partial charge on any atom is -0.324 e. The van der Waals surface area contributed by atoms with Crippen molar-refractivity contribution < 1.29 is 4.39 Å². The predicted octanol–water partition coefficient (Wildman–Crippen LogP) is 2.10. The van der Waals surface area contributed by atoms with Crippen molar-refractivity contribution in [2.45, 2.75) is 6.67 Å². The van der Waals surface area contributed by atoms with Crippen LogP contribution in [0.5, 0.6) is 0 Å². The Kier molecular flexibility index (Phi) is 2.68. The van der Waals surface area contributed by atoms with E-state index in [1.54, 1.807) is 18.2 Å². The Labute approximate surface area is 69.1 Å². The molecular weight excluding hydrogens is 167 g/mol. The van der Waals surface area contributed by atoms with Crippen molar-refractivity contribution >= 4 is 17.3 Å². The molecule has 0 aliphatic carbocycles. The van der Waals surface area contributed by atoms with E-state index in [9.17, 15) is 4.39 Å². The molecule has 0 heterocycles. The van der Waals surface area contributed by atoms with Crippen LogP contribution >= 0.6 is 11.6 Å². The van der Waals surface area contributed by atoms with Crippen LogP contribution in [-0.2, 0) is 6.67 Å². The molecule has 0 spiro atoms. The minimum atomic E-state index is -0.532. The minimum absolute atomic E-state index is 0.480. The first-order chi connectivity index (χ1) is 5.26. The molecule has 1 aromatic carbocycles. The van der Waals surface area contributed by atoms with Crippen LogP contribution in [0.1, 0.15) is 5.56 Å². The normalized spacial score (nSPS) is 9.73. The standard InChI is InChI=1S/C7H8ClFN2/c8-6-1-5(4-9)2-7(3-6)11-10/h1-3,11H,4,10H2. The fraction of sp³-hybridized carbons (Fsp3) is 0.143. The second-order valence-electron chi connectivity index (χ2n) is 2.13. The first-order valence-electron chi connectivity index (χ1n) is 3.08. The summed E-state index contributed by atoms with van der Waals surface area (Å²) in [6, 6.07) is 4.79. The van der Waals surface area contributed by atoms with Crippen LogP contribution in [0, 0.1) is 0 Å². The molecular formula is C7H8ClFN2. The van der Waals surface area contributed by atoms with Crippen molar-refractivity contribution in [3.05, 3.63) is 28.8 Å². The molecule has 0 amide bonds. The number of rotatable bonds is 2. The highest BCUT2D eigenvalue weighted by atomic mass is 35.5. The zero-order valence-electron chi connectivity index (χ0n) is 5.77. The molecule has 0 aliphatic heterocycles. The SMILES string of the molecule is NNc1cc(Cl)cc(CF)c1. The van der Waals surface area contributed by atoms with Crippen LogP contribution in [0.15, 0.2) is 18.2 Å². The number of anilines is 1. The molecule has 0 aromatic heterocycles. The van der Waals surface area contributed by atoms with Crippen LogP contribution in [0.3, 0.4) is 0 Å². The highest BCUT2D eigenvalue weighted by Gasteiger charge is 1.96. The lowest BCUT2D eigenvalue weighted by Gasteiger charge is -2.02. The van der Waals surface area contributed by atoms with Crippen molar-refractivity contribution in [1.82, 2.24) is 0 Å². The number of hydrogen-bond donors (Lipinski definition) is 2. The summed E-state index contributed by atoms with van der Waals surface area (Å²) in [6.45, 7) is -0.532. The quantitative estimate of drug-likeness (QED) is 0.532. The summed E-state index contributed by atoms with van der Waals surface area (Å²) in [5, 5.41) is 0.480. The molecule has 0 radical (unpaired) electrons. The van der Waals surface area contributed by atoms with E-state index in [1.807, 2.05) is 0 Å². The van der Waals surface area contributed by atoms with Crippen molar-refractivity contribution in [3.8, 4) is 0 Å². The molecule has 2 nitrogen and oxygen atoms in total. The summed E-state index contributed by atoms with van der Waals surface area (Å²) in [5.41, 5.74) is 3.53. The van der Waals surface area contributed by atoms with Gasteiger partial charge in [-0.25, -0.2) is 4.39 Å². The van der Waals surface area contributed by atoms with Gasteiger partial charge >= 0.3 is 0 Å². The molecule has 0 saturated heterocycles. The fourth-order valence-corrected chi connectivity index (χ4v) is 1.07. The average Bonchev–Trinajstić information content (AvgIpc) is 2.03. The lowest BCUT2D eigenvalue weighted by Crippen LogP contribution is -2.06. The lowest BCUT2D eigenvalue weighted by atomic mass is 10.2. The molecule has 60 valence electrons. The van der Waals surface area contributed by atoms with E-state index in [2.05, 4.69) is 5.43 Å². The van der Waals surface area contributed by atoms with Gasteiger partial charge in [-0.05, 0) is 23.8 Å². The van der Waals surface area contributed by atoms with Gasteiger partial charge < -0.3 is 5.43 Å². The van der Waals surface area contributed by atoms with Crippen LogP contribution in [0.25, 0.3) is 0 Å². The molecule has 0 fully saturated rings. The molecule has 0 saturated carbocycles. The Morgan fingerprint density at radius 1 is 1.45 bits per heavy atom. The van der Waals surface area contributed by atoms with Gasteiger partial charge in [0, 0.05) is 5.02 Å². The Morgan fingerprint density at radius 3 is 2.73 bits per heavy atom.